The quantitative estimate of drug-likeness (QED) is 0.800. The summed E-state index contributed by atoms with van der Waals surface area (Å²) in [4.78, 5) is 15.3. The molecule has 1 amide bonds. The maximum absolute atomic E-state index is 12.2. The van der Waals surface area contributed by atoms with Gasteiger partial charge in [-0.15, -0.1) is 11.8 Å². The second-order valence-electron chi connectivity index (χ2n) is 4.56. The van der Waals surface area contributed by atoms with Gasteiger partial charge < -0.3 is 14.4 Å². The molecule has 0 unspecified atom stereocenters. The number of carbonyl (C=O) groups excluding carboxylic acids is 1. The van der Waals surface area contributed by atoms with Crippen molar-refractivity contribution in [1.82, 2.24) is 4.90 Å². The van der Waals surface area contributed by atoms with Crippen LogP contribution in [0.3, 0.4) is 0 Å². The molecule has 0 fully saturated rings. The smallest absolute Gasteiger partial charge is 0.230 e. The van der Waals surface area contributed by atoms with E-state index in [0.29, 0.717) is 12.3 Å². The molecule has 1 aromatic rings. The minimum Gasteiger partial charge on any atom is -0.501 e. The molecule has 0 aromatic heterocycles. The molecule has 0 radical (unpaired) electrons. The Kier molecular flexibility index (Phi) is 4.95. The van der Waals surface area contributed by atoms with Crippen LogP contribution in [0.15, 0.2) is 35.4 Å². The second kappa shape index (κ2) is 6.70. The van der Waals surface area contributed by atoms with Crippen LogP contribution in [0.2, 0.25) is 0 Å². The van der Waals surface area contributed by atoms with Crippen LogP contribution in [-0.4, -0.2) is 37.3 Å². The van der Waals surface area contributed by atoms with Crippen LogP contribution in [0.4, 0.5) is 0 Å². The third kappa shape index (κ3) is 3.48. The van der Waals surface area contributed by atoms with Crippen LogP contribution in [0, 0.1) is 0 Å². The maximum Gasteiger partial charge on any atom is 0.230 e. The average molecular weight is 293 g/mol. The largest absolute Gasteiger partial charge is 0.501 e. The molecule has 1 aromatic carbocycles. The van der Waals surface area contributed by atoms with Crippen LogP contribution in [0.1, 0.15) is 12.0 Å². The van der Waals surface area contributed by atoms with E-state index in [2.05, 4.69) is 12.6 Å². The number of amides is 1. The number of benzene rings is 1. The van der Waals surface area contributed by atoms with Crippen molar-refractivity contribution in [2.45, 2.75) is 17.9 Å². The molecule has 1 heterocycles. The molecule has 0 N–H and O–H groups in total. The van der Waals surface area contributed by atoms with E-state index in [1.54, 1.807) is 18.9 Å². The lowest BCUT2D eigenvalue weighted by Crippen LogP contribution is -2.31. The van der Waals surface area contributed by atoms with Crippen molar-refractivity contribution in [2.24, 2.45) is 0 Å². The SMILES string of the molecule is C=C(CC(=O)N1CCSc2ccc(OC)cc2C1)OC. The van der Waals surface area contributed by atoms with Crippen LogP contribution in [-0.2, 0) is 16.1 Å². The second-order valence-corrected chi connectivity index (χ2v) is 5.69. The molecular formula is C15H19NO3S. The summed E-state index contributed by atoms with van der Waals surface area (Å²) < 4.78 is 10.2. The third-order valence-electron chi connectivity index (χ3n) is 3.24. The summed E-state index contributed by atoms with van der Waals surface area (Å²) in [5, 5.41) is 0. The number of methoxy groups -OCH3 is 2. The Bertz CT molecular complexity index is 516. The van der Waals surface area contributed by atoms with Gasteiger partial charge in [0.15, 0.2) is 0 Å². The zero-order chi connectivity index (χ0) is 14.5. The predicted molar refractivity (Wildman–Crippen MR) is 79.9 cm³/mol. The van der Waals surface area contributed by atoms with Crippen LogP contribution < -0.4 is 4.74 Å². The highest BCUT2D eigenvalue weighted by atomic mass is 32.2. The molecule has 0 bridgehead atoms. The van der Waals surface area contributed by atoms with Gasteiger partial charge >= 0.3 is 0 Å². The Balaban J connectivity index is 2.14. The van der Waals surface area contributed by atoms with Gasteiger partial charge in [-0.25, -0.2) is 0 Å². The summed E-state index contributed by atoms with van der Waals surface area (Å²) in [5.74, 6) is 2.26. The average Bonchev–Trinajstić information content (AvgIpc) is 2.68. The molecule has 0 saturated carbocycles. The lowest BCUT2D eigenvalue weighted by Gasteiger charge is -2.21. The number of fused-ring (bicyclic) bond motifs is 1. The van der Waals surface area contributed by atoms with Gasteiger partial charge in [-0.3, -0.25) is 4.79 Å². The number of rotatable bonds is 4. The fraction of sp³-hybridized carbons (Fsp3) is 0.400. The highest BCUT2D eigenvalue weighted by Gasteiger charge is 2.20. The Morgan fingerprint density at radius 3 is 2.95 bits per heavy atom. The van der Waals surface area contributed by atoms with E-state index in [4.69, 9.17) is 9.47 Å². The van der Waals surface area contributed by atoms with Gasteiger partial charge in [0.05, 0.1) is 26.4 Å². The van der Waals surface area contributed by atoms with Crippen molar-refractivity contribution in [2.75, 3.05) is 26.5 Å². The minimum absolute atomic E-state index is 0.0492. The van der Waals surface area contributed by atoms with E-state index in [-0.39, 0.29) is 12.3 Å². The fourth-order valence-corrected chi connectivity index (χ4v) is 3.07. The Morgan fingerprint density at radius 1 is 1.45 bits per heavy atom. The van der Waals surface area contributed by atoms with E-state index in [1.165, 1.54) is 12.0 Å². The topological polar surface area (TPSA) is 38.8 Å². The summed E-state index contributed by atoms with van der Waals surface area (Å²) in [5.41, 5.74) is 1.13. The summed E-state index contributed by atoms with van der Waals surface area (Å²) in [6.45, 7) is 5.05. The lowest BCUT2D eigenvalue weighted by atomic mass is 10.2. The van der Waals surface area contributed by atoms with Gasteiger partial charge in [0.1, 0.15) is 5.75 Å². The molecule has 108 valence electrons. The summed E-state index contributed by atoms with van der Waals surface area (Å²) in [6.07, 6.45) is 0.237. The van der Waals surface area contributed by atoms with Crippen molar-refractivity contribution in [3.63, 3.8) is 0 Å². The summed E-state index contributed by atoms with van der Waals surface area (Å²) >= 11 is 1.77. The molecule has 0 saturated heterocycles. The highest BCUT2D eigenvalue weighted by molar-refractivity contribution is 7.99. The van der Waals surface area contributed by atoms with Gasteiger partial charge in [-0.05, 0) is 23.8 Å². The number of thioether (sulfide) groups is 1. The highest BCUT2D eigenvalue weighted by Crippen LogP contribution is 2.30. The van der Waals surface area contributed by atoms with E-state index >= 15 is 0 Å². The summed E-state index contributed by atoms with van der Waals surface area (Å²) in [7, 11) is 3.19. The molecule has 1 aliphatic heterocycles. The Hall–Kier alpha value is -1.62. The fourth-order valence-electron chi connectivity index (χ4n) is 2.06. The van der Waals surface area contributed by atoms with E-state index in [1.807, 2.05) is 17.0 Å². The third-order valence-corrected chi connectivity index (χ3v) is 4.33. The van der Waals surface area contributed by atoms with Crippen LogP contribution >= 0.6 is 11.8 Å². The Labute approximate surface area is 123 Å². The molecule has 0 spiro atoms. The van der Waals surface area contributed by atoms with Crippen molar-refractivity contribution >= 4 is 17.7 Å². The number of nitrogens with zero attached hydrogens (tertiary/aromatic N) is 1. The van der Waals surface area contributed by atoms with Gasteiger partial charge in [-0.1, -0.05) is 6.58 Å². The van der Waals surface area contributed by atoms with Crippen molar-refractivity contribution in [3.05, 3.63) is 36.1 Å². The molecule has 2 rings (SSSR count). The van der Waals surface area contributed by atoms with E-state index in [0.717, 1.165) is 23.6 Å². The zero-order valence-electron chi connectivity index (χ0n) is 11.8. The van der Waals surface area contributed by atoms with Gasteiger partial charge in [0.25, 0.3) is 0 Å². The van der Waals surface area contributed by atoms with Gasteiger partial charge in [-0.2, -0.15) is 0 Å². The molecule has 0 aliphatic carbocycles. The normalized spacial score (nSPS) is 14.2. The summed E-state index contributed by atoms with van der Waals surface area (Å²) in [6, 6.07) is 6.01. The number of hydrogen-bond donors (Lipinski definition) is 0. The van der Waals surface area contributed by atoms with Gasteiger partial charge in [0.2, 0.25) is 5.91 Å². The number of hydrogen-bond acceptors (Lipinski definition) is 4. The van der Waals surface area contributed by atoms with Crippen molar-refractivity contribution in [3.8, 4) is 5.75 Å². The molecular weight excluding hydrogens is 274 g/mol. The number of ether oxygens (including phenoxy) is 2. The van der Waals surface area contributed by atoms with E-state index < -0.39 is 0 Å². The first kappa shape index (κ1) is 14.8. The molecule has 1 aliphatic rings. The number of carbonyl (C=O) groups is 1. The van der Waals surface area contributed by atoms with Crippen molar-refractivity contribution < 1.29 is 14.3 Å². The molecule has 0 atom stereocenters. The minimum atomic E-state index is 0.0492. The van der Waals surface area contributed by atoms with Crippen LogP contribution in [0.5, 0.6) is 5.75 Å². The molecule has 20 heavy (non-hydrogen) atoms. The van der Waals surface area contributed by atoms with Gasteiger partial charge in [0, 0.05) is 23.7 Å². The monoisotopic (exact) mass is 293 g/mol. The zero-order valence-corrected chi connectivity index (χ0v) is 12.7. The predicted octanol–water partition coefficient (Wildman–Crippen LogP) is 2.68. The molecule has 4 nitrogen and oxygen atoms in total. The van der Waals surface area contributed by atoms with Crippen molar-refractivity contribution in [1.29, 1.82) is 0 Å². The Morgan fingerprint density at radius 2 is 2.25 bits per heavy atom. The first-order valence-electron chi connectivity index (χ1n) is 6.43. The molecule has 5 heteroatoms. The maximum atomic E-state index is 12.2. The van der Waals surface area contributed by atoms with Crippen LogP contribution in [0.25, 0.3) is 0 Å². The first-order chi connectivity index (χ1) is 9.63. The first-order valence-corrected chi connectivity index (χ1v) is 7.42. The van der Waals surface area contributed by atoms with E-state index in [9.17, 15) is 4.79 Å². The standard InChI is InChI=1S/C15H19NO3S/c1-11(18-2)8-15(17)16-6-7-20-14-5-4-13(19-3)9-12(14)10-16/h4-5,9H,1,6-8,10H2,2-3H3. The lowest BCUT2D eigenvalue weighted by molar-refractivity contribution is -0.131.